The number of amides is 1. The van der Waals surface area contributed by atoms with Crippen LogP contribution in [-0.4, -0.2) is 48.2 Å². The van der Waals surface area contributed by atoms with E-state index in [1.807, 2.05) is 11.8 Å². The number of carboxylic acid groups (broad SMARTS) is 1. The summed E-state index contributed by atoms with van der Waals surface area (Å²) in [6.45, 7) is 4.82. The summed E-state index contributed by atoms with van der Waals surface area (Å²) in [6.07, 6.45) is 3.34. The summed E-state index contributed by atoms with van der Waals surface area (Å²) in [5, 5.41) is 9.25. The zero-order chi connectivity index (χ0) is 13.9. The first kappa shape index (κ1) is 14.3. The lowest BCUT2D eigenvalue weighted by Crippen LogP contribution is -2.43. The number of carbonyl (C=O) groups excluding carboxylic acids is 1. The van der Waals surface area contributed by atoms with Crippen LogP contribution in [0.4, 0.5) is 0 Å². The van der Waals surface area contributed by atoms with Crippen LogP contribution in [0.1, 0.15) is 39.0 Å². The second-order valence-electron chi connectivity index (χ2n) is 5.77. The van der Waals surface area contributed by atoms with Gasteiger partial charge in [-0.1, -0.05) is 6.42 Å². The van der Waals surface area contributed by atoms with Crippen LogP contribution < -0.4 is 0 Å². The van der Waals surface area contributed by atoms with Crippen LogP contribution in [0, 0.1) is 11.3 Å². The molecule has 5 nitrogen and oxygen atoms in total. The molecule has 2 fully saturated rings. The van der Waals surface area contributed by atoms with E-state index in [0.29, 0.717) is 38.5 Å². The smallest absolute Gasteiger partial charge is 0.310 e. The fraction of sp³-hybridized carbons (Fsp3) is 0.857. The van der Waals surface area contributed by atoms with Gasteiger partial charge in [0.1, 0.15) is 0 Å². The molecule has 2 aliphatic rings. The molecule has 1 atom stereocenters. The quantitative estimate of drug-likeness (QED) is 0.794. The zero-order valence-electron chi connectivity index (χ0n) is 11.6. The van der Waals surface area contributed by atoms with Gasteiger partial charge in [0.2, 0.25) is 5.91 Å². The van der Waals surface area contributed by atoms with E-state index < -0.39 is 11.4 Å². The zero-order valence-corrected chi connectivity index (χ0v) is 11.6. The summed E-state index contributed by atoms with van der Waals surface area (Å²) >= 11 is 0. The second kappa shape index (κ2) is 5.90. The lowest BCUT2D eigenvalue weighted by molar-refractivity contribution is -0.159. The normalized spacial score (nSPS) is 25.1. The summed E-state index contributed by atoms with van der Waals surface area (Å²) in [7, 11) is 0. The summed E-state index contributed by atoms with van der Waals surface area (Å²) in [5.74, 6) is -0.399. The van der Waals surface area contributed by atoms with Gasteiger partial charge in [0.25, 0.3) is 0 Å². The number of aliphatic carboxylic acids is 1. The van der Waals surface area contributed by atoms with Gasteiger partial charge in [0.05, 0.1) is 12.0 Å². The first-order valence-corrected chi connectivity index (χ1v) is 7.16. The fourth-order valence-electron chi connectivity index (χ4n) is 2.95. The van der Waals surface area contributed by atoms with Crippen molar-refractivity contribution >= 4 is 11.9 Å². The topological polar surface area (TPSA) is 66.8 Å². The van der Waals surface area contributed by atoms with E-state index in [-0.39, 0.29) is 12.3 Å². The van der Waals surface area contributed by atoms with Crippen molar-refractivity contribution in [3.05, 3.63) is 0 Å². The number of carbonyl (C=O) groups is 2. The minimum Gasteiger partial charge on any atom is -0.481 e. The van der Waals surface area contributed by atoms with Crippen molar-refractivity contribution in [3.63, 3.8) is 0 Å². The molecule has 1 amide bonds. The fourth-order valence-corrected chi connectivity index (χ4v) is 2.95. The maximum atomic E-state index is 12.2. The van der Waals surface area contributed by atoms with E-state index in [0.717, 1.165) is 19.4 Å². The number of ether oxygens (including phenoxy) is 1. The van der Waals surface area contributed by atoms with E-state index in [9.17, 15) is 14.7 Å². The number of nitrogens with zero attached hydrogens (tertiary/aromatic N) is 1. The maximum Gasteiger partial charge on any atom is 0.310 e. The Bertz CT molecular complexity index is 351. The van der Waals surface area contributed by atoms with E-state index in [2.05, 4.69) is 0 Å². The van der Waals surface area contributed by atoms with E-state index in [1.165, 1.54) is 0 Å². The molecule has 0 aromatic rings. The van der Waals surface area contributed by atoms with Gasteiger partial charge in [0.15, 0.2) is 0 Å². The van der Waals surface area contributed by atoms with Crippen LogP contribution in [0.25, 0.3) is 0 Å². The SMILES string of the molecule is CCOCC1CCN(C(=O)CC2(C(=O)O)CCC2)C1. The Labute approximate surface area is 113 Å². The highest BCUT2D eigenvalue weighted by atomic mass is 16.5. The third-order valence-electron chi connectivity index (χ3n) is 4.45. The van der Waals surface area contributed by atoms with Gasteiger partial charge in [-0.25, -0.2) is 0 Å². The van der Waals surface area contributed by atoms with Crippen LogP contribution in [-0.2, 0) is 14.3 Å². The molecular weight excluding hydrogens is 246 g/mol. The molecule has 1 aliphatic heterocycles. The van der Waals surface area contributed by atoms with Crippen molar-refractivity contribution < 1.29 is 19.4 Å². The summed E-state index contributed by atoms with van der Waals surface area (Å²) in [4.78, 5) is 25.3. The molecule has 0 aromatic heterocycles. The average Bonchev–Trinajstić information content (AvgIpc) is 2.79. The number of carboxylic acids is 1. The number of hydrogen-bond donors (Lipinski definition) is 1. The van der Waals surface area contributed by atoms with Crippen LogP contribution in [0.3, 0.4) is 0 Å². The molecule has 1 aliphatic carbocycles. The monoisotopic (exact) mass is 269 g/mol. The molecule has 2 rings (SSSR count). The van der Waals surface area contributed by atoms with Crippen molar-refractivity contribution in [2.75, 3.05) is 26.3 Å². The van der Waals surface area contributed by atoms with Crippen LogP contribution in [0.15, 0.2) is 0 Å². The third kappa shape index (κ3) is 3.08. The van der Waals surface area contributed by atoms with Crippen molar-refractivity contribution in [2.24, 2.45) is 11.3 Å². The molecule has 0 bridgehead atoms. The van der Waals surface area contributed by atoms with Gasteiger partial charge in [0, 0.05) is 32.0 Å². The Hall–Kier alpha value is -1.10. The molecule has 1 heterocycles. The Morgan fingerprint density at radius 1 is 1.42 bits per heavy atom. The molecule has 1 saturated heterocycles. The Morgan fingerprint density at radius 2 is 2.16 bits per heavy atom. The molecule has 1 unspecified atom stereocenters. The molecule has 0 aromatic carbocycles. The van der Waals surface area contributed by atoms with Crippen LogP contribution >= 0.6 is 0 Å². The molecule has 5 heteroatoms. The van der Waals surface area contributed by atoms with Gasteiger partial charge < -0.3 is 14.7 Å². The molecular formula is C14H23NO4. The Balaban J connectivity index is 1.83. The number of rotatable bonds is 6. The maximum absolute atomic E-state index is 12.2. The van der Waals surface area contributed by atoms with E-state index >= 15 is 0 Å². The standard InChI is InChI=1S/C14H23NO4/c1-2-19-10-11-4-7-15(9-11)12(16)8-14(13(17)18)5-3-6-14/h11H,2-10H2,1H3,(H,17,18). The third-order valence-corrected chi connectivity index (χ3v) is 4.45. The Kier molecular flexibility index (Phi) is 4.45. The highest BCUT2D eigenvalue weighted by molar-refractivity contribution is 5.85. The van der Waals surface area contributed by atoms with Crippen molar-refractivity contribution in [3.8, 4) is 0 Å². The predicted octanol–water partition coefficient (Wildman–Crippen LogP) is 1.52. The highest BCUT2D eigenvalue weighted by Crippen LogP contribution is 2.44. The first-order chi connectivity index (χ1) is 9.07. The molecule has 0 spiro atoms. The highest BCUT2D eigenvalue weighted by Gasteiger charge is 2.47. The van der Waals surface area contributed by atoms with Gasteiger partial charge in [-0.2, -0.15) is 0 Å². The second-order valence-corrected chi connectivity index (χ2v) is 5.77. The van der Waals surface area contributed by atoms with Crippen molar-refractivity contribution in [1.29, 1.82) is 0 Å². The van der Waals surface area contributed by atoms with Crippen LogP contribution in [0.5, 0.6) is 0 Å². The van der Waals surface area contributed by atoms with Gasteiger partial charge in [-0.3, -0.25) is 9.59 Å². The lowest BCUT2D eigenvalue weighted by Gasteiger charge is -2.38. The summed E-state index contributed by atoms with van der Waals surface area (Å²) in [5.41, 5.74) is -0.769. The minimum atomic E-state index is -0.808. The van der Waals surface area contributed by atoms with Crippen molar-refractivity contribution in [2.45, 2.75) is 39.0 Å². The number of hydrogen-bond acceptors (Lipinski definition) is 3. The molecule has 1 N–H and O–H groups in total. The average molecular weight is 269 g/mol. The van der Waals surface area contributed by atoms with Gasteiger partial charge >= 0.3 is 5.97 Å². The minimum absolute atomic E-state index is 0.00102. The largest absolute Gasteiger partial charge is 0.481 e. The van der Waals surface area contributed by atoms with Gasteiger partial charge in [-0.05, 0) is 26.2 Å². The lowest BCUT2D eigenvalue weighted by atomic mass is 9.66. The molecule has 19 heavy (non-hydrogen) atoms. The van der Waals surface area contributed by atoms with E-state index in [1.54, 1.807) is 0 Å². The summed E-state index contributed by atoms with van der Waals surface area (Å²) < 4.78 is 5.38. The van der Waals surface area contributed by atoms with Crippen LogP contribution in [0.2, 0.25) is 0 Å². The first-order valence-electron chi connectivity index (χ1n) is 7.16. The Morgan fingerprint density at radius 3 is 2.68 bits per heavy atom. The number of likely N-dealkylation sites (tertiary alicyclic amines) is 1. The van der Waals surface area contributed by atoms with E-state index in [4.69, 9.17) is 4.74 Å². The molecule has 1 saturated carbocycles. The molecule has 0 radical (unpaired) electrons. The predicted molar refractivity (Wildman–Crippen MR) is 69.7 cm³/mol. The van der Waals surface area contributed by atoms with Crippen molar-refractivity contribution in [1.82, 2.24) is 4.90 Å². The summed E-state index contributed by atoms with van der Waals surface area (Å²) in [6, 6.07) is 0. The van der Waals surface area contributed by atoms with Gasteiger partial charge in [-0.15, -0.1) is 0 Å². The molecule has 108 valence electrons.